The molecule has 2 N–H and O–H groups in total. The second kappa shape index (κ2) is 6.97. The Labute approximate surface area is 104 Å². The van der Waals surface area contributed by atoms with Gasteiger partial charge in [-0.25, -0.2) is 0 Å². The van der Waals surface area contributed by atoms with Crippen LogP contribution < -0.4 is 5.32 Å². The lowest BCUT2D eigenvalue weighted by molar-refractivity contribution is -0.130. The zero-order valence-corrected chi connectivity index (χ0v) is 11.3. The van der Waals surface area contributed by atoms with Crippen LogP contribution in [0.1, 0.15) is 39.0 Å². The van der Waals surface area contributed by atoms with E-state index >= 15 is 0 Å². The summed E-state index contributed by atoms with van der Waals surface area (Å²) in [6.07, 6.45) is 5.67. The van der Waals surface area contributed by atoms with Gasteiger partial charge in [0.25, 0.3) is 0 Å². The Morgan fingerprint density at radius 3 is 2.53 bits per heavy atom. The smallest absolute Gasteiger partial charge is 0.238 e. The molecule has 0 aromatic rings. The summed E-state index contributed by atoms with van der Waals surface area (Å²) >= 11 is 0. The highest BCUT2D eigenvalue weighted by atomic mass is 16.3. The molecule has 1 aliphatic rings. The van der Waals surface area contributed by atoms with Crippen LogP contribution in [0.25, 0.3) is 0 Å². The van der Waals surface area contributed by atoms with Crippen LogP contribution in [-0.4, -0.2) is 48.7 Å². The third kappa shape index (κ3) is 5.04. The number of aliphatic hydroxyl groups excluding tert-OH is 1. The number of aliphatic hydroxyl groups is 1. The van der Waals surface area contributed by atoms with Gasteiger partial charge in [0, 0.05) is 20.6 Å². The molecular weight excluding hydrogens is 216 g/mol. The molecule has 0 radical (unpaired) electrons. The molecule has 0 aromatic heterocycles. The number of hydrogen-bond acceptors (Lipinski definition) is 3. The molecule has 100 valence electrons. The number of carbonyl (C=O) groups is 1. The molecule has 0 heterocycles. The Morgan fingerprint density at radius 1 is 1.41 bits per heavy atom. The molecule has 4 nitrogen and oxygen atoms in total. The van der Waals surface area contributed by atoms with E-state index in [2.05, 4.69) is 5.32 Å². The summed E-state index contributed by atoms with van der Waals surface area (Å²) in [6, 6.07) is -0.219. The number of rotatable bonds is 6. The SMILES string of the molecule is CC(NCC(O)CC1CCCC1)C(=O)N(C)C. The molecule has 17 heavy (non-hydrogen) atoms. The van der Waals surface area contributed by atoms with E-state index < -0.39 is 0 Å². The Bertz CT molecular complexity index is 238. The van der Waals surface area contributed by atoms with E-state index in [1.54, 1.807) is 19.0 Å². The van der Waals surface area contributed by atoms with Gasteiger partial charge < -0.3 is 15.3 Å². The fraction of sp³-hybridized carbons (Fsp3) is 0.923. The molecule has 0 aromatic carbocycles. The maximum Gasteiger partial charge on any atom is 0.238 e. The summed E-state index contributed by atoms with van der Waals surface area (Å²) in [7, 11) is 3.49. The normalized spacial score (nSPS) is 20.2. The highest BCUT2D eigenvalue weighted by Crippen LogP contribution is 2.28. The average molecular weight is 242 g/mol. The number of carbonyl (C=O) groups excluding carboxylic acids is 1. The summed E-state index contributed by atoms with van der Waals surface area (Å²) in [6.45, 7) is 2.35. The zero-order chi connectivity index (χ0) is 12.8. The highest BCUT2D eigenvalue weighted by molar-refractivity contribution is 5.80. The largest absolute Gasteiger partial charge is 0.392 e. The molecule has 1 amide bonds. The predicted molar refractivity (Wildman–Crippen MR) is 68.7 cm³/mol. The van der Waals surface area contributed by atoms with Gasteiger partial charge in [0.1, 0.15) is 0 Å². The Kier molecular flexibility index (Phi) is 5.92. The molecular formula is C13H26N2O2. The maximum atomic E-state index is 11.6. The standard InChI is InChI=1S/C13H26N2O2/c1-10(13(17)15(2)3)14-9-12(16)8-11-6-4-5-7-11/h10-12,14,16H,4-9H2,1-3H3. The minimum Gasteiger partial charge on any atom is -0.392 e. The zero-order valence-electron chi connectivity index (χ0n) is 11.3. The number of nitrogens with one attached hydrogen (secondary N) is 1. The molecule has 1 rings (SSSR count). The minimum atomic E-state index is -0.324. The molecule has 0 bridgehead atoms. The number of nitrogens with zero attached hydrogens (tertiary/aromatic N) is 1. The van der Waals surface area contributed by atoms with Crippen LogP contribution in [0.15, 0.2) is 0 Å². The molecule has 0 aliphatic heterocycles. The van der Waals surface area contributed by atoms with Gasteiger partial charge in [-0.1, -0.05) is 25.7 Å². The number of hydrogen-bond donors (Lipinski definition) is 2. The van der Waals surface area contributed by atoms with Gasteiger partial charge in [0.15, 0.2) is 0 Å². The molecule has 1 saturated carbocycles. The fourth-order valence-electron chi connectivity index (χ4n) is 2.50. The van der Waals surface area contributed by atoms with Gasteiger partial charge in [-0.15, -0.1) is 0 Å². The first-order valence-electron chi connectivity index (χ1n) is 6.63. The second-order valence-electron chi connectivity index (χ2n) is 5.40. The first-order valence-corrected chi connectivity index (χ1v) is 6.63. The summed E-state index contributed by atoms with van der Waals surface area (Å²) in [5.74, 6) is 0.740. The quantitative estimate of drug-likeness (QED) is 0.730. The third-order valence-corrected chi connectivity index (χ3v) is 3.55. The van der Waals surface area contributed by atoms with E-state index in [1.807, 2.05) is 6.92 Å². The molecule has 1 aliphatic carbocycles. The highest BCUT2D eigenvalue weighted by Gasteiger charge is 2.20. The number of amides is 1. The topological polar surface area (TPSA) is 52.6 Å². The van der Waals surface area contributed by atoms with Crippen molar-refractivity contribution in [3.8, 4) is 0 Å². The summed E-state index contributed by atoms with van der Waals surface area (Å²) in [5.41, 5.74) is 0. The van der Waals surface area contributed by atoms with Crippen molar-refractivity contribution < 1.29 is 9.90 Å². The lowest BCUT2D eigenvalue weighted by Gasteiger charge is -2.21. The number of likely N-dealkylation sites (N-methyl/N-ethyl adjacent to an activating group) is 1. The first-order chi connectivity index (χ1) is 8.00. The van der Waals surface area contributed by atoms with E-state index in [-0.39, 0.29) is 18.1 Å². The van der Waals surface area contributed by atoms with Gasteiger partial charge in [-0.3, -0.25) is 4.79 Å². The second-order valence-corrected chi connectivity index (χ2v) is 5.40. The van der Waals surface area contributed by atoms with Crippen molar-refractivity contribution in [1.82, 2.24) is 10.2 Å². The Hall–Kier alpha value is -0.610. The van der Waals surface area contributed by atoms with Crippen LogP contribution in [-0.2, 0) is 4.79 Å². The van der Waals surface area contributed by atoms with Gasteiger partial charge in [-0.2, -0.15) is 0 Å². The third-order valence-electron chi connectivity index (χ3n) is 3.55. The molecule has 4 heteroatoms. The first kappa shape index (κ1) is 14.5. The molecule has 2 unspecified atom stereocenters. The van der Waals surface area contributed by atoms with Crippen LogP contribution in [0.5, 0.6) is 0 Å². The van der Waals surface area contributed by atoms with Crippen molar-refractivity contribution in [2.45, 2.75) is 51.2 Å². The molecule has 2 atom stereocenters. The maximum absolute atomic E-state index is 11.6. The van der Waals surface area contributed by atoms with E-state index in [0.29, 0.717) is 12.5 Å². The van der Waals surface area contributed by atoms with Gasteiger partial charge in [-0.05, 0) is 19.3 Å². The van der Waals surface area contributed by atoms with Crippen molar-refractivity contribution >= 4 is 5.91 Å². The van der Waals surface area contributed by atoms with Crippen LogP contribution in [0.3, 0.4) is 0 Å². The minimum absolute atomic E-state index is 0.0538. The molecule has 0 saturated heterocycles. The van der Waals surface area contributed by atoms with Crippen LogP contribution in [0.2, 0.25) is 0 Å². The van der Waals surface area contributed by atoms with Crippen molar-refractivity contribution in [3.63, 3.8) is 0 Å². The van der Waals surface area contributed by atoms with E-state index in [0.717, 1.165) is 6.42 Å². The van der Waals surface area contributed by atoms with E-state index in [1.165, 1.54) is 25.7 Å². The summed E-state index contributed by atoms with van der Waals surface area (Å²) < 4.78 is 0. The van der Waals surface area contributed by atoms with Gasteiger partial charge in [0.2, 0.25) is 5.91 Å². The summed E-state index contributed by atoms with van der Waals surface area (Å²) in [4.78, 5) is 13.2. The molecule has 0 spiro atoms. The lowest BCUT2D eigenvalue weighted by Crippen LogP contribution is -2.44. The summed E-state index contributed by atoms with van der Waals surface area (Å²) in [5, 5.41) is 13.0. The van der Waals surface area contributed by atoms with Gasteiger partial charge in [0.05, 0.1) is 12.1 Å². The van der Waals surface area contributed by atoms with Crippen LogP contribution >= 0.6 is 0 Å². The predicted octanol–water partition coefficient (Wildman–Crippen LogP) is 0.994. The average Bonchev–Trinajstić information content (AvgIpc) is 2.77. The van der Waals surface area contributed by atoms with Crippen molar-refractivity contribution in [2.24, 2.45) is 5.92 Å². The Balaban J connectivity index is 2.18. The van der Waals surface area contributed by atoms with Crippen LogP contribution in [0, 0.1) is 5.92 Å². The molecule has 1 fully saturated rings. The van der Waals surface area contributed by atoms with E-state index in [4.69, 9.17) is 0 Å². The van der Waals surface area contributed by atoms with Crippen molar-refractivity contribution in [2.75, 3.05) is 20.6 Å². The fourth-order valence-corrected chi connectivity index (χ4v) is 2.50. The lowest BCUT2D eigenvalue weighted by atomic mass is 10.00. The van der Waals surface area contributed by atoms with E-state index in [9.17, 15) is 9.90 Å². The van der Waals surface area contributed by atoms with Crippen molar-refractivity contribution in [3.05, 3.63) is 0 Å². The van der Waals surface area contributed by atoms with Gasteiger partial charge >= 0.3 is 0 Å². The van der Waals surface area contributed by atoms with Crippen molar-refractivity contribution in [1.29, 1.82) is 0 Å². The van der Waals surface area contributed by atoms with Crippen LogP contribution in [0.4, 0.5) is 0 Å². The monoisotopic (exact) mass is 242 g/mol. The Morgan fingerprint density at radius 2 is 2.00 bits per heavy atom.